The Morgan fingerprint density at radius 3 is 2.88 bits per heavy atom. The molecule has 0 aromatic carbocycles. The summed E-state index contributed by atoms with van der Waals surface area (Å²) in [6.45, 7) is 3.29. The van der Waals surface area contributed by atoms with Crippen LogP contribution in [0.3, 0.4) is 0 Å². The summed E-state index contributed by atoms with van der Waals surface area (Å²) >= 11 is 1.44. The molecule has 0 spiro atoms. The zero-order valence-electron chi connectivity index (χ0n) is 9.56. The van der Waals surface area contributed by atoms with Gasteiger partial charge in [0.2, 0.25) is 0 Å². The molecule has 0 radical (unpaired) electrons. The fourth-order valence-corrected chi connectivity index (χ4v) is 3.11. The van der Waals surface area contributed by atoms with Crippen LogP contribution in [0.1, 0.15) is 22.5 Å². The van der Waals surface area contributed by atoms with Crippen molar-refractivity contribution in [2.45, 2.75) is 12.8 Å². The van der Waals surface area contributed by atoms with Crippen LogP contribution in [0.5, 0.6) is 0 Å². The molecule has 0 aliphatic carbocycles. The van der Waals surface area contributed by atoms with E-state index in [1.54, 1.807) is 0 Å². The first-order valence-electron chi connectivity index (χ1n) is 5.95. The van der Waals surface area contributed by atoms with Gasteiger partial charge in [-0.3, -0.25) is 9.69 Å². The van der Waals surface area contributed by atoms with Gasteiger partial charge in [0.15, 0.2) is 0 Å². The number of fused-ring (bicyclic) bond motifs is 3. The SMILES string of the molecule is O=C(N/N=C1/CN2CCC1CC2)c1cccs1. The van der Waals surface area contributed by atoms with E-state index in [0.29, 0.717) is 5.92 Å². The molecule has 0 saturated carbocycles. The van der Waals surface area contributed by atoms with Crippen LogP contribution in [0, 0.1) is 5.92 Å². The third kappa shape index (κ3) is 2.25. The van der Waals surface area contributed by atoms with Crippen molar-refractivity contribution in [3.8, 4) is 0 Å². The molecule has 0 atom stereocenters. The summed E-state index contributed by atoms with van der Waals surface area (Å²) in [7, 11) is 0. The maximum absolute atomic E-state index is 11.7. The molecule has 17 heavy (non-hydrogen) atoms. The van der Waals surface area contributed by atoms with Crippen LogP contribution in [0.4, 0.5) is 0 Å². The number of nitrogens with zero attached hydrogens (tertiary/aromatic N) is 2. The van der Waals surface area contributed by atoms with Crippen LogP contribution >= 0.6 is 11.3 Å². The first-order chi connectivity index (χ1) is 8.33. The molecular weight excluding hydrogens is 234 g/mol. The van der Waals surface area contributed by atoms with Gasteiger partial charge in [-0.05, 0) is 37.4 Å². The van der Waals surface area contributed by atoms with Gasteiger partial charge in [0.05, 0.1) is 10.6 Å². The predicted molar refractivity (Wildman–Crippen MR) is 68.4 cm³/mol. The Bertz CT molecular complexity index is 433. The Balaban J connectivity index is 1.65. The Labute approximate surface area is 104 Å². The molecule has 1 aromatic heterocycles. The predicted octanol–water partition coefficient (Wildman–Crippen LogP) is 1.56. The van der Waals surface area contributed by atoms with Crippen LogP contribution < -0.4 is 5.43 Å². The molecule has 3 aliphatic rings. The van der Waals surface area contributed by atoms with Crippen LogP contribution in [-0.2, 0) is 0 Å². The van der Waals surface area contributed by atoms with Crippen LogP contribution in [0.15, 0.2) is 22.6 Å². The maximum Gasteiger partial charge on any atom is 0.281 e. The van der Waals surface area contributed by atoms with Gasteiger partial charge in [-0.15, -0.1) is 11.3 Å². The van der Waals surface area contributed by atoms with Crippen molar-refractivity contribution in [1.82, 2.24) is 10.3 Å². The minimum absolute atomic E-state index is 0.0936. The second kappa shape index (κ2) is 4.58. The van der Waals surface area contributed by atoms with Gasteiger partial charge in [0.1, 0.15) is 0 Å². The number of hydrogen-bond donors (Lipinski definition) is 1. The molecule has 4 rings (SSSR count). The highest BCUT2D eigenvalue weighted by Gasteiger charge is 2.30. The minimum atomic E-state index is -0.0936. The number of amides is 1. The van der Waals surface area contributed by atoms with E-state index < -0.39 is 0 Å². The Morgan fingerprint density at radius 2 is 2.29 bits per heavy atom. The number of rotatable bonds is 2. The fourth-order valence-electron chi connectivity index (χ4n) is 2.49. The summed E-state index contributed by atoms with van der Waals surface area (Å²) in [5, 5.41) is 6.20. The summed E-state index contributed by atoms with van der Waals surface area (Å²) in [6, 6.07) is 3.69. The monoisotopic (exact) mass is 249 g/mol. The van der Waals surface area contributed by atoms with Gasteiger partial charge >= 0.3 is 0 Å². The van der Waals surface area contributed by atoms with Gasteiger partial charge in [-0.25, -0.2) is 5.43 Å². The summed E-state index contributed by atoms with van der Waals surface area (Å²) in [5.41, 5.74) is 3.82. The van der Waals surface area contributed by atoms with Crippen molar-refractivity contribution in [3.05, 3.63) is 22.4 Å². The third-order valence-electron chi connectivity index (χ3n) is 3.49. The van der Waals surface area contributed by atoms with Gasteiger partial charge < -0.3 is 0 Å². The summed E-state index contributed by atoms with van der Waals surface area (Å²) in [6.07, 6.45) is 2.38. The number of carbonyl (C=O) groups is 1. The lowest BCUT2D eigenvalue weighted by Gasteiger charge is -2.39. The van der Waals surface area contributed by atoms with Crippen molar-refractivity contribution in [2.24, 2.45) is 11.0 Å². The quantitative estimate of drug-likeness (QED) is 0.808. The lowest BCUT2D eigenvalue weighted by atomic mass is 9.87. The molecule has 4 nitrogen and oxygen atoms in total. The van der Waals surface area contributed by atoms with Gasteiger partial charge in [0.25, 0.3) is 5.91 Å². The molecular formula is C12H15N3OS. The molecule has 1 amide bonds. The molecule has 2 bridgehead atoms. The highest BCUT2D eigenvalue weighted by Crippen LogP contribution is 2.25. The van der Waals surface area contributed by atoms with Crippen molar-refractivity contribution >= 4 is 23.0 Å². The number of hydrogen-bond acceptors (Lipinski definition) is 4. The van der Waals surface area contributed by atoms with Crippen LogP contribution in [-0.4, -0.2) is 36.2 Å². The van der Waals surface area contributed by atoms with Crippen molar-refractivity contribution in [2.75, 3.05) is 19.6 Å². The molecule has 5 heteroatoms. The summed E-state index contributed by atoms with van der Waals surface area (Å²) in [4.78, 5) is 14.9. The first kappa shape index (κ1) is 10.9. The average Bonchev–Trinajstić information content (AvgIpc) is 2.91. The zero-order valence-corrected chi connectivity index (χ0v) is 10.4. The number of carbonyl (C=O) groups excluding carboxylic acids is 1. The number of hydrazone groups is 1. The van der Waals surface area contributed by atoms with Crippen LogP contribution in [0.2, 0.25) is 0 Å². The van der Waals surface area contributed by atoms with E-state index in [0.717, 1.165) is 17.1 Å². The lowest BCUT2D eigenvalue weighted by Crippen LogP contribution is -2.48. The molecule has 3 aliphatic heterocycles. The van der Waals surface area contributed by atoms with Crippen LogP contribution in [0.25, 0.3) is 0 Å². The number of piperidine rings is 3. The Kier molecular flexibility index (Phi) is 2.94. The van der Waals surface area contributed by atoms with Crippen molar-refractivity contribution < 1.29 is 4.79 Å². The highest BCUT2D eigenvalue weighted by atomic mass is 32.1. The van der Waals surface area contributed by atoms with Gasteiger partial charge in [-0.1, -0.05) is 6.07 Å². The molecule has 1 aromatic rings. The van der Waals surface area contributed by atoms with E-state index in [4.69, 9.17) is 0 Å². The van der Waals surface area contributed by atoms with Gasteiger partial charge in [-0.2, -0.15) is 5.10 Å². The van der Waals surface area contributed by atoms with E-state index in [9.17, 15) is 4.79 Å². The molecule has 90 valence electrons. The van der Waals surface area contributed by atoms with E-state index in [2.05, 4.69) is 15.4 Å². The largest absolute Gasteiger partial charge is 0.298 e. The van der Waals surface area contributed by atoms with Gasteiger partial charge in [0, 0.05) is 12.5 Å². The second-order valence-corrected chi connectivity index (χ2v) is 5.52. The van der Waals surface area contributed by atoms with E-state index in [-0.39, 0.29) is 5.91 Å². The third-order valence-corrected chi connectivity index (χ3v) is 4.36. The lowest BCUT2D eigenvalue weighted by molar-refractivity contribution is 0.0957. The van der Waals surface area contributed by atoms with Crippen molar-refractivity contribution in [1.29, 1.82) is 0 Å². The topological polar surface area (TPSA) is 44.7 Å². The highest BCUT2D eigenvalue weighted by molar-refractivity contribution is 7.12. The maximum atomic E-state index is 11.7. The molecule has 4 heterocycles. The fraction of sp³-hybridized carbons (Fsp3) is 0.500. The molecule has 3 saturated heterocycles. The number of thiophene rings is 1. The van der Waals surface area contributed by atoms with E-state index in [1.165, 1.54) is 37.3 Å². The van der Waals surface area contributed by atoms with Crippen molar-refractivity contribution in [3.63, 3.8) is 0 Å². The number of nitrogens with one attached hydrogen (secondary N) is 1. The zero-order chi connectivity index (χ0) is 11.7. The summed E-state index contributed by atoms with van der Waals surface area (Å²) in [5.74, 6) is 0.493. The standard InChI is InChI=1S/C12H15N3OS/c16-12(11-2-1-7-17-11)14-13-10-8-15-5-3-9(10)4-6-15/h1-2,7,9H,3-6,8H2,(H,14,16)/b13-10-. The normalized spacial score (nSPS) is 29.5. The van der Waals surface area contributed by atoms with E-state index >= 15 is 0 Å². The minimum Gasteiger partial charge on any atom is -0.298 e. The van der Waals surface area contributed by atoms with E-state index in [1.807, 2.05) is 17.5 Å². The Morgan fingerprint density at radius 1 is 1.47 bits per heavy atom. The first-order valence-corrected chi connectivity index (χ1v) is 6.83. The molecule has 1 N–H and O–H groups in total. The second-order valence-electron chi connectivity index (χ2n) is 4.57. The average molecular weight is 249 g/mol. The molecule has 3 fully saturated rings. The molecule has 0 unspecified atom stereocenters. The Hall–Kier alpha value is -1.20. The summed E-state index contributed by atoms with van der Waals surface area (Å²) < 4.78 is 0. The smallest absolute Gasteiger partial charge is 0.281 e.